The first-order valence-corrected chi connectivity index (χ1v) is 4.69. The first-order valence-electron chi connectivity index (χ1n) is 3.07. The number of amides is 1. The van der Waals surface area contributed by atoms with Crippen molar-refractivity contribution >= 4 is 16.8 Å². The van der Waals surface area contributed by atoms with Crippen molar-refractivity contribution in [1.82, 2.24) is 0 Å². The fraction of sp³-hybridized carbons (Fsp3) is 0.286. The molecule has 1 aliphatic heterocycles. The lowest BCUT2D eigenvalue weighted by molar-refractivity contribution is -0.115. The molecule has 0 aromatic heterocycles. The molecular weight excluding hydrogens is 146 g/mol. The molecule has 0 aromatic carbocycles. The molecule has 54 valence electrons. The molecule has 1 atom stereocenters. The van der Waals surface area contributed by atoms with Gasteiger partial charge in [-0.3, -0.25) is 4.79 Å². The van der Waals surface area contributed by atoms with Crippen LogP contribution in [0.15, 0.2) is 23.6 Å². The molecule has 2 N–H and O–H groups in total. The van der Waals surface area contributed by atoms with Gasteiger partial charge in [0.1, 0.15) is 11.2 Å². The van der Waals surface area contributed by atoms with Crippen LogP contribution < -0.4 is 5.73 Å². The minimum Gasteiger partial charge on any atom is -0.366 e. The Bertz CT molecular complexity index is 186. The highest BCUT2D eigenvalue weighted by atomic mass is 32.2. The molecule has 1 amide bonds. The second-order valence-electron chi connectivity index (χ2n) is 2.07. The quantitative estimate of drug-likeness (QED) is 0.569. The van der Waals surface area contributed by atoms with Crippen LogP contribution in [0.5, 0.6) is 0 Å². The Hall–Kier alpha value is -0.700. The van der Waals surface area contributed by atoms with Crippen molar-refractivity contribution < 1.29 is 4.79 Å². The summed E-state index contributed by atoms with van der Waals surface area (Å²) in [5, 5.41) is 2.05. The molecule has 0 aromatic rings. The highest BCUT2D eigenvalue weighted by molar-refractivity contribution is 8.00. The van der Waals surface area contributed by atoms with Crippen molar-refractivity contribution in [3.8, 4) is 0 Å². The van der Waals surface area contributed by atoms with Crippen LogP contribution >= 0.6 is 0 Å². The monoisotopic (exact) mass is 156 g/mol. The van der Waals surface area contributed by atoms with Crippen molar-refractivity contribution in [2.75, 3.05) is 11.5 Å². The van der Waals surface area contributed by atoms with Gasteiger partial charge in [-0.1, -0.05) is 6.08 Å². The van der Waals surface area contributed by atoms with Gasteiger partial charge in [-0.25, -0.2) is 0 Å². The van der Waals surface area contributed by atoms with E-state index in [1.165, 1.54) is 0 Å². The van der Waals surface area contributed by atoms with Gasteiger partial charge >= 0.3 is 0 Å². The SMILES string of the molecule is NC(=O)C[S+]1C=CC=CC1. The van der Waals surface area contributed by atoms with Crippen LogP contribution in [0.2, 0.25) is 0 Å². The van der Waals surface area contributed by atoms with Gasteiger partial charge in [0.25, 0.3) is 5.91 Å². The van der Waals surface area contributed by atoms with Crippen LogP contribution in [-0.4, -0.2) is 17.4 Å². The predicted octanol–water partition coefficient (Wildman–Crippen LogP) is 0.173. The molecule has 0 saturated heterocycles. The van der Waals surface area contributed by atoms with E-state index in [2.05, 4.69) is 6.08 Å². The van der Waals surface area contributed by atoms with E-state index in [1.54, 1.807) is 0 Å². The topological polar surface area (TPSA) is 43.1 Å². The van der Waals surface area contributed by atoms with Crippen LogP contribution in [0, 0.1) is 0 Å². The number of carbonyl (C=O) groups excluding carboxylic acids is 1. The second-order valence-corrected chi connectivity index (χ2v) is 4.04. The molecule has 0 spiro atoms. The Balaban J connectivity index is 2.37. The summed E-state index contributed by atoms with van der Waals surface area (Å²) < 4.78 is 0. The number of rotatable bonds is 2. The number of hydrogen-bond donors (Lipinski definition) is 1. The van der Waals surface area contributed by atoms with Crippen LogP contribution in [-0.2, 0) is 15.7 Å². The summed E-state index contributed by atoms with van der Waals surface area (Å²) in [6.45, 7) is 0. The number of allylic oxidation sites excluding steroid dienone is 2. The summed E-state index contributed by atoms with van der Waals surface area (Å²) in [5.41, 5.74) is 5.03. The first kappa shape index (κ1) is 7.41. The smallest absolute Gasteiger partial charge is 0.267 e. The van der Waals surface area contributed by atoms with E-state index in [1.807, 2.05) is 17.6 Å². The zero-order valence-electron chi connectivity index (χ0n) is 5.62. The summed E-state index contributed by atoms with van der Waals surface area (Å²) in [7, 11) is 0.0833. The van der Waals surface area contributed by atoms with E-state index >= 15 is 0 Å². The van der Waals surface area contributed by atoms with Crippen LogP contribution in [0.1, 0.15) is 0 Å². The van der Waals surface area contributed by atoms with Crippen molar-refractivity contribution in [3.05, 3.63) is 23.6 Å². The largest absolute Gasteiger partial charge is 0.366 e. The summed E-state index contributed by atoms with van der Waals surface area (Å²) in [4.78, 5) is 10.4. The number of hydrogen-bond acceptors (Lipinski definition) is 1. The minimum absolute atomic E-state index is 0.0833. The van der Waals surface area contributed by atoms with E-state index in [-0.39, 0.29) is 16.8 Å². The van der Waals surface area contributed by atoms with Gasteiger partial charge in [-0.05, 0) is 12.2 Å². The maximum absolute atomic E-state index is 10.4. The molecule has 0 radical (unpaired) electrons. The van der Waals surface area contributed by atoms with Gasteiger partial charge in [0, 0.05) is 10.9 Å². The molecule has 1 heterocycles. The van der Waals surface area contributed by atoms with E-state index in [4.69, 9.17) is 5.73 Å². The summed E-state index contributed by atoms with van der Waals surface area (Å²) in [5.74, 6) is 1.27. The Morgan fingerprint density at radius 3 is 2.90 bits per heavy atom. The van der Waals surface area contributed by atoms with Crippen LogP contribution in [0.3, 0.4) is 0 Å². The molecule has 10 heavy (non-hydrogen) atoms. The molecule has 0 bridgehead atoms. The fourth-order valence-corrected chi connectivity index (χ4v) is 2.12. The minimum atomic E-state index is -0.205. The second kappa shape index (κ2) is 3.46. The summed E-state index contributed by atoms with van der Waals surface area (Å²) in [6, 6.07) is 0. The Morgan fingerprint density at radius 2 is 2.40 bits per heavy atom. The molecule has 0 aliphatic carbocycles. The highest BCUT2D eigenvalue weighted by Gasteiger charge is 2.17. The zero-order valence-corrected chi connectivity index (χ0v) is 6.43. The number of nitrogens with two attached hydrogens (primary N) is 1. The van der Waals surface area contributed by atoms with Gasteiger partial charge < -0.3 is 5.73 Å². The van der Waals surface area contributed by atoms with Gasteiger partial charge in [-0.15, -0.1) is 0 Å². The first-order chi connectivity index (χ1) is 4.79. The Kier molecular flexibility index (Phi) is 2.57. The third-order valence-corrected chi connectivity index (χ3v) is 2.97. The molecule has 0 fully saturated rings. The standard InChI is InChI=1S/C7H9NOS/c8-7(9)6-10-4-2-1-3-5-10/h1-4H,5-6H2,(H-,8,9)/p+1. The van der Waals surface area contributed by atoms with Crippen molar-refractivity contribution in [2.45, 2.75) is 0 Å². The maximum Gasteiger partial charge on any atom is 0.267 e. The maximum atomic E-state index is 10.4. The Labute approximate surface area is 63.1 Å². The van der Waals surface area contributed by atoms with Gasteiger partial charge in [0.15, 0.2) is 5.75 Å². The highest BCUT2D eigenvalue weighted by Crippen LogP contribution is 2.04. The number of carbonyl (C=O) groups is 1. The lowest BCUT2D eigenvalue weighted by atomic mass is 10.5. The Morgan fingerprint density at radius 1 is 1.60 bits per heavy atom. The molecule has 0 saturated carbocycles. The lowest BCUT2D eigenvalue weighted by Crippen LogP contribution is -2.23. The lowest BCUT2D eigenvalue weighted by Gasteiger charge is -1.99. The molecule has 1 aliphatic rings. The van der Waals surface area contributed by atoms with E-state index < -0.39 is 0 Å². The third-order valence-electron chi connectivity index (χ3n) is 1.16. The molecule has 2 nitrogen and oxygen atoms in total. The number of primary amides is 1. The molecule has 1 rings (SSSR count). The zero-order chi connectivity index (χ0) is 7.40. The van der Waals surface area contributed by atoms with Gasteiger partial charge in [0.2, 0.25) is 0 Å². The van der Waals surface area contributed by atoms with E-state index in [9.17, 15) is 4.79 Å². The average molecular weight is 156 g/mol. The van der Waals surface area contributed by atoms with E-state index in [0.29, 0.717) is 5.75 Å². The fourth-order valence-electron chi connectivity index (χ4n) is 0.760. The van der Waals surface area contributed by atoms with Crippen molar-refractivity contribution in [2.24, 2.45) is 5.73 Å². The normalized spacial score (nSPS) is 23.0. The van der Waals surface area contributed by atoms with Crippen LogP contribution in [0.4, 0.5) is 0 Å². The molecule has 3 heteroatoms. The molecule has 1 unspecified atom stereocenters. The average Bonchev–Trinajstić information content (AvgIpc) is 1.88. The summed E-state index contributed by atoms with van der Waals surface area (Å²) in [6.07, 6.45) is 6.02. The van der Waals surface area contributed by atoms with Crippen molar-refractivity contribution in [3.63, 3.8) is 0 Å². The van der Waals surface area contributed by atoms with Crippen LogP contribution in [0.25, 0.3) is 0 Å². The summed E-state index contributed by atoms with van der Waals surface area (Å²) >= 11 is 0. The predicted molar refractivity (Wildman–Crippen MR) is 44.6 cm³/mol. The third kappa shape index (κ3) is 2.27. The van der Waals surface area contributed by atoms with Crippen molar-refractivity contribution in [1.29, 1.82) is 0 Å². The van der Waals surface area contributed by atoms with E-state index in [0.717, 1.165) is 5.75 Å². The van der Waals surface area contributed by atoms with Gasteiger partial charge in [-0.2, -0.15) is 0 Å². The molecular formula is C7H10NOS+. The van der Waals surface area contributed by atoms with Gasteiger partial charge in [0.05, 0.1) is 0 Å².